The van der Waals surface area contributed by atoms with Crippen molar-refractivity contribution in [3.05, 3.63) is 40.3 Å². The van der Waals surface area contributed by atoms with Crippen LogP contribution in [0.4, 0.5) is 5.13 Å². The summed E-state index contributed by atoms with van der Waals surface area (Å²) < 4.78 is 25.7. The van der Waals surface area contributed by atoms with Crippen molar-refractivity contribution in [1.82, 2.24) is 9.97 Å². The van der Waals surface area contributed by atoms with Crippen LogP contribution in [0.5, 0.6) is 0 Å². The van der Waals surface area contributed by atoms with Gasteiger partial charge in [0.1, 0.15) is 0 Å². The molecule has 2 aromatic rings. The minimum atomic E-state index is -3.86. The number of anilines is 1. The summed E-state index contributed by atoms with van der Waals surface area (Å²) in [6.45, 7) is 0. The monoisotopic (exact) mass is 257 g/mol. The highest BCUT2D eigenvalue weighted by atomic mass is 32.2. The predicted molar refractivity (Wildman–Crippen MR) is 60.0 cm³/mol. The van der Waals surface area contributed by atoms with Gasteiger partial charge in [-0.1, -0.05) is 0 Å². The Labute approximate surface area is 95.0 Å². The Morgan fingerprint density at radius 3 is 2.88 bits per heavy atom. The summed E-state index contributed by atoms with van der Waals surface area (Å²) in [6, 6.07) is 1.15. The van der Waals surface area contributed by atoms with Gasteiger partial charge in [-0.05, 0) is 0 Å². The molecule has 2 heterocycles. The number of pyridine rings is 1. The number of aromatic nitrogens is 2. The maximum atomic E-state index is 11.8. The molecular formula is C8H7N3O3S2. The molecule has 0 unspecified atom stereocenters. The Kier molecular flexibility index (Phi) is 2.75. The summed E-state index contributed by atoms with van der Waals surface area (Å²) in [5.41, 5.74) is -0.567. The van der Waals surface area contributed by atoms with E-state index in [-0.39, 0.29) is 10.0 Å². The highest BCUT2D eigenvalue weighted by Gasteiger charge is 2.18. The van der Waals surface area contributed by atoms with Gasteiger partial charge in [0.05, 0.1) is 0 Å². The molecular weight excluding hydrogens is 250 g/mol. The zero-order chi connectivity index (χ0) is 11.6. The molecule has 0 radical (unpaired) electrons. The number of H-pyrrole nitrogens is 1. The van der Waals surface area contributed by atoms with Gasteiger partial charge in [-0.2, -0.15) is 0 Å². The van der Waals surface area contributed by atoms with Crippen molar-refractivity contribution in [2.75, 3.05) is 4.72 Å². The fourth-order valence-corrected chi connectivity index (χ4v) is 2.90. The second-order valence-corrected chi connectivity index (χ2v) is 5.36. The highest BCUT2D eigenvalue weighted by Crippen LogP contribution is 2.14. The third-order valence-electron chi connectivity index (χ3n) is 1.73. The second kappa shape index (κ2) is 4.06. The molecule has 0 saturated carbocycles. The molecule has 0 amide bonds. The fraction of sp³-hybridized carbons (Fsp3) is 0. The van der Waals surface area contributed by atoms with Gasteiger partial charge in [-0.3, -0.25) is 9.52 Å². The molecule has 0 aliphatic heterocycles. The molecule has 2 aromatic heterocycles. The maximum Gasteiger partial charge on any atom is 0.269 e. The number of aromatic amines is 1. The first-order chi connectivity index (χ1) is 7.59. The average molecular weight is 257 g/mol. The molecule has 0 aliphatic rings. The van der Waals surface area contributed by atoms with Crippen molar-refractivity contribution in [1.29, 1.82) is 0 Å². The molecule has 8 heteroatoms. The van der Waals surface area contributed by atoms with E-state index < -0.39 is 15.5 Å². The van der Waals surface area contributed by atoms with Crippen molar-refractivity contribution < 1.29 is 8.42 Å². The number of nitrogens with zero attached hydrogens (tertiary/aromatic N) is 1. The summed E-state index contributed by atoms with van der Waals surface area (Å²) in [6.07, 6.45) is 3.97. The first kappa shape index (κ1) is 10.8. The molecule has 0 atom stereocenters. The average Bonchev–Trinajstić information content (AvgIpc) is 2.70. The number of hydrogen-bond acceptors (Lipinski definition) is 5. The van der Waals surface area contributed by atoms with E-state index in [2.05, 4.69) is 14.7 Å². The smallest absolute Gasteiger partial charge is 0.269 e. The third-order valence-corrected chi connectivity index (χ3v) is 3.91. The lowest BCUT2D eigenvalue weighted by Gasteiger charge is -2.03. The topological polar surface area (TPSA) is 91.9 Å². The number of thiazole rings is 1. The fourth-order valence-electron chi connectivity index (χ4n) is 1.05. The van der Waals surface area contributed by atoms with Crippen molar-refractivity contribution in [2.45, 2.75) is 4.90 Å². The lowest BCUT2D eigenvalue weighted by molar-refractivity contribution is 0.600. The lowest BCUT2D eigenvalue weighted by Crippen LogP contribution is -2.20. The second-order valence-electron chi connectivity index (χ2n) is 2.82. The van der Waals surface area contributed by atoms with E-state index in [0.29, 0.717) is 0 Å². The van der Waals surface area contributed by atoms with Crippen molar-refractivity contribution in [3.63, 3.8) is 0 Å². The number of nitrogens with one attached hydrogen (secondary N) is 2. The van der Waals surface area contributed by atoms with E-state index in [1.165, 1.54) is 12.4 Å². The van der Waals surface area contributed by atoms with Gasteiger partial charge in [-0.25, -0.2) is 13.4 Å². The first-order valence-electron chi connectivity index (χ1n) is 4.19. The molecule has 0 aromatic carbocycles. The van der Waals surface area contributed by atoms with Gasteiger partial charge in [0.2, 0.25) is 5.43 Å². The van der Waals surface area contributed by atoms with Crippen LogP contribution in [0.2, 0.25) is 0 Å². The van der Waals surface area contributed by atoms with Gasteiger partial charge in [0.25, 0.3) is 10.0 Å². The van der Waals surface area contributed by atoms with Crippen LogP contribution < -0.4 is 10.2 Å². The summed E-state index contributed by atoms with van der Waals surface area (Å²) in [4.78, 5) is 17.3. The van der Waals surface area contributed by atoms with Crippen LogP contribution in [0.3, 0.4) is 0 Å². The number of hydrogen-bond donors (Lipinski definition) is 2. The SMILES string of the molecule is O=c1cc[nH]cc1S(=O)(=O)Nc1nccs1. The summed E-state index contributed by atoms with van der Waals surface area (Å²) >= 11 is 1.14. The summed E-state index contributed by atoms with van der Waals surface area (Å²) in [5.74, 6) is 0. The zero-order valence-corrected chi connectivity index (χ0v) is 9.51. The minimum Gasteiger partial charge on any atom is -0.366 e. The third kappa shape index (κ3) is 2.12. The molecule has 0 aliphatic carbocycles. The molecule has 6 nitrogen and oxygen atoms in total. The molecule has 16 heavy (non-hydrogen) atoms. The first-order valence-corrected chi connectivity index (χ1v) is 6.55. The largest absolute Gasteiger partial charge is 0.366 e. The number of rotatable bonds is 3. The Balaban J connectivity index is 2.41. The van der Waals surface area contributed by atoms with Crippen LogP contribution in [0, 0.1) is 0 Å². The van der Waals surface area contributed by atoms with Gasteiger partial charge in [-0.15, -0.1) is 11.3 Å². The van der Waals surface area contributed by atoms with E-state index in [1.807, 2.05) is 0 Å². The van der Waals surface area contributed by atoms with Crippen molar-refractivity contribution >= 4 is 26.5 Å². The molecule has 0 bridgehead atoms. The standard InChI is InChI=1S/C8H7N3O3S2/c12-6-1-2-9-5-7(6)16(13,14)11-8-10-3-4-15-8/h1-5H,(H,9,12)(H,10,11). The Morgan fingerprint density at radius 1 is 1.44 bits per heavy atom. The van der Waals surface area contributed by atoms with Gasteiger partial charge in [0.15, 0.2) is 10.0 Å². The molecule has 2 N–H and O–H groups in total. The quantitative estimate of drug-likeness (QED) is 0.843. The lowest BCUT2D eigenvalue weighted by atomic mass is 10.5. The van der Waals surface area contributed by atoms with Crippen LogP contribution in [-0.4, -0.2) is 18.4 Å². The van der Waals surface area contributed by atoms with Crippen molar-refractivity contribution in [3.8, 4) is 0 Å². The molecule has 0 fully saturated rings. The van der Waals surface area contributed by atoms with Gasteiger partial charge < -0.3 is 4.98 Å². The number of sulfonamides is 1. The predicted octanol–water partition coefficient (Wildman–Crippen LogP) is 0.632. The molecule has 0 spiro atoms. The Morgan fingerprint density at radius 2 is 2.25 bits per heavy atom. The van der Waals surface area contributed by atoms with E-state index in [1.54, 1.807) is 5.38 Å². The van der Waals surface area contributed by atoms with Crippen molar-refractivity contribution in [2.24, 2.45) is 0 Å². The molecule has 2 rings (SSSR count). The van der Waals surface area contributed by atoms with Gasteiger partial charge >= 0.3 is 0 Å². The van der Waals surface area contributed by atoms with Gasteiger partial charge in [0, 0.05) is 30.0 Å². The van der Waals surface area contributed by atoms with E-state index in [9.17, 15) is 13.2 Å². The normalized spacial score (nSPS) is 11.2. The zero-order valence-electron chi connectivity index (χ0n) is 7.88. The van der Waals surface area contributed by atoms with Crippen LogP contribution in [0.1, 0.15) is 0 Å². The molecule has 84 valence electrons. The van der Waals surface area contributed by atoms with Crippen LogP contribution in [-0.2, 0) is 10.0 Å². The van der Waals surface area contributed by atoms with Crippen LogP contribution in [0.25, 0.3) is 0 Å². The summed E-state index contributed by atoms with van der Waals surface area (Å²) in [7, 11) is -3.86. The van der Waals surface area contributed by atoms with E-state index in [0.717, 1.165) is 23.6 Å². The van der Waals surface area contributed by atoms with Crippen LogP contribution >= 0.6 is 11.3 Å². The molecule has 0 saturated heterocycles. The summed E-state index contributed by atoms with van der Waals surface area (Å²) in [5, 5.41) is 1.86. The Hall–Kier alpha value is -1.67. The highest BCUT2D eigenvalue weighted by molar-refractivity contribution is 7.92. The maximum absolute atomic E-state index is 11.8. The van der Waals surface area contributed by atoms with E-state index in [4.69, 9.17) is 0 Å². The van der Waals surface area contributed by atoms with Crippen LogP contribution in [0.15, 0.2) is 39.7 Å². The van der Waals surface area contributed by atoms with E-state index >= 15 is 0 Å². The Bertz CT molecular complexity index is 631. The minimum absolute atomic E-state index is 0.225.